The van der Waals surface area contributed by atoms with Gasteiger partial charge in [0.25, 0.3) is 5.56 Å². The molecular weight excluding hydrogens is 286 g/mol. The molecule has 0 aliphatic carbocycles. The van der Waals surface area contributed by atoms with Crippen LogP contribution in [0.25, 0.3) is 0 Å². The number of unbranched alkanes of at least 4 members (excludes halogenated alkanes) is 2. The summed E-state index contributed by atoms with van der Waals surface area (Å²) in [5.74, 6) is 2.41. The normalized spacial score (nSPS) is 11.2. The average Bonchev–Trinajstić information content (AvgIpc) is 2.42. The standard InChI is InChI=1S/C16H24ClN3O/c1-5-7-8-9-16(3,4)12-18-14-13(17)11-19-20(10-6-2)15(14)21/h2,11,18H,5,7-10,12H2,1,3-4H3. The number of hydrogen-bond donors (Lipinski definition) is 1. The summed E-state index contributed by atoms with van der Waals surface area (Å²) in [6, 6.07) is 0. The number of terminal acetylenes is 1. The summed E-state index contributed by atoms with van der Waals surface area (Å²) < 4.78 is 1.23. The van der Waals surface area contributed by atoms with Crippen molar-refractivity contribution in [3.8, 4) is 12.3 Å². The van der Waals surface area contributed by atoms with Gasteiger partial charge in [0.2, 0.25) is 0 Å². The molecule has 21 heavy (non-hydrogen) atoms. The minimum Gasteiger partial charge on any atom is -0.379 e. The minimum absolute atomic E-state index is 0.102. The van der Waals surface area contributed by atoms with E-state index < -0.39 is 0 Å². The summed E-state index contributed by atoms with van der Waals surface area (Å²) in [6.45, 7) is 7.39. The van der Waals surface area contributed by atoms with Crippen molar-refractivity contribution in [2.75, 3.05) is 11.9 Å². The van der Waals surface area contributed by atoms with Gasteiger partial charge in [-0.25, -0.2) is 4.68 Å². The lowest BCUT2D eigenvalue weighted by Crippen LogP contribution is -2.30. The second-order valence-corrected chi connectivity index (χ2v) is 6.42. The summed E-state index contributed by atoms with van der Waals surface area (Å²) in [5, 5.41) is 7.43. The van der Waals surface area contributed by atoms with Gasteiger partial charge in [-0.2, -0.15) is 5.10 Å². The summed E-state index contributed by atoms with van der Waals surface area (Å²) >= 11 is 6.07. The number of hydrogen-bond acceptors (Lipinski definition) is 3. The molecule has 4 nitrogen and oxygen atoms in total. The molecule has 0 bridgehead atoms. The van der Waals surface area contributed by atoms with Crippen molar-refractivity contribution in [1.82, 2.24) is 9.78 Å². The van der Waals surface area contributed by atoms with Gasteiger partial charge in [-0.15, -0.1) is 6.42 Å². The number of aromatic nitrogens is 2. The molecule has 0 saturated carbocycles. The summed E-state index contributed by atoms with van der Waals surface area (Å²) in [6.07, 6.45) is 11.4. The Labute approximate surface area is 131 Å². The Hall–Kier alpha value is -1.47. The van der Waals surface area contributed by atoms with Crippen LogP contribution in [-0.2, 0) is 6.54 Å². The van der Waals surface area contributed by atoms with Crippen molar-refractivity contribution in [3.63, 3.8) is 0 Å². The van der Waals surface area contributed by atoms with Gasteiger partial charge in [-0.05, 0) is 11.8 Å². The molecule has 1 aromatic rings. The molecule has 0 spiro atoms. The second-order valence-electron chi connectivity index (χ2n) is 6.01. The highest BCUT2D eigenvalue weighted by Crippen LogP contribution is 2.25. The first-order valence-electron chi connectivity index (χ1n) is 7.34. The van der Waals surface area contributed by atoms with E-state index in [0.29, 0.717) is 17.3 Å². The highest BCUT2D eigenvalue weighted by atomic mass is 35.5. The highest BCUT2D eigenvalue weighted by molar-refractivity contribution is 6.32. The van der Waals surface area contributed by atoms with Crippen molar-refractivity contribution >= 4 is 17.3 Å². The monoisotopic (exact) mass is 309 g/mol. The van der Waals surface area contributed by atoms with Crippen LogP contribution in [-0.4, -0.2) is 16.3 Å². The fourth-order valence-electron chi connectivity index (χ4n) is 2.10. The van der Waals surface area contributed by atoms with E-state index in [2.05, 4.69) is 37.1 Å². The van der Waals surface area contributed by atoms with Crippen molar-refractivity contribution in [2.24, 2.45) is 5.41 Å². The predicted molar refractivity (Wildman–Crippen MR) is 88.8 cm³/mol. The van der Waals surface area contributed by atoms with Gasteiger partial charge in [0, 0.05) is 6.54 Å². The molecule has 0 fully saturated rings. The van der Waals surface area contributed by atoms with Crippen LogP contribution < -0.4 is 10.9 Å². The fraction of sp³-hybridized carbons (Fsp3) is 0.625. The van der Waals surface area contributed by atoms with E-state index in [1.807, 2.05) is 0 Å². The van der Waals surface area contributed by atoms with Crippen LogP contribution in [0.3, 0.4) is 0 Å². The SMILES string of the molecule is C#CCn1ncc(Cl)c(NCC(C)(C)CCCCC)c1=O. The van der Waals surface area contributed by atoms with E-state index >= 15 is 0 Å². The smallest absolute Gasteiger partial charge is 0.292 e. The highest BCUT2D eigenvalue weighted by Gasteiger charge is 2.19. The molecule has 0 atom stereocenters. The maximum atomic E-state index is 12.2. The molecule has 0 saturated heterocycles. The summed E-state index contributed by atoms with van der Waals surface area (Å²) in [4.78, 5) is 12.2. The molecule has 1 N–H and O–H groups in total. The maximum Gasteiger partial charge on any atom is 0.292 e. The Kier molecular flexibility index (Phi) is 6.77. The average molecular weight is 310 g/mol. The molecule has 0 aliphatic heterocycles. The van der Waals surface area contributed by atoms with Crippen LogP contribution in [0, 0.1) is 17.8 Å². The number of nitrogens with one attached hydrogen (secondary N) is 1. The minimum atomic E-state index is -0.273. The molecule has 0 aromatic carbocycles. The number of anilines is 1. The van der Waals surface area contributed by atoms with Crippen molar-refractivity contribution in [2.45, 2.75) is 53.0 Å². The zero-order chi connectivity index (χ0) is 15.9. The zero-order valence-electron chi connectivity index (χ0n) is 13.1. The maximum absolute atomic E-state index is 12.2. The number of rotatable bonds is 8. The van der Waals surface area contributed by atoms with Gasteiger partial charge in [0.05, 0.1) is 11.2 Å². The van der Waals surface area contributed by atoms with Crippen molar-refractivity contribution < 1.29 is 0 Å². The van der Waals surface area contributed by atoms with Crippen molar-refractivity contribution in [3.05, 3.63) is 21.6 Å². The lowest BCUT2D eigenvalue weighted by Gasteiger charge is -2.25. The fourth-order valence-corrected chi connectivity index (χ4v) is 2.29. The number of nitrogens with zero attached hydrogens (tertiary/aromatic N) is 2. The van der Waals surface area contributed by atoms with Crippen LogP contribution in [0.1, 0.15) is 46.5 Å². The Morgan fingerprint density at radius 2 is 2.19 bits per heavy atom. The van der Waals surface area contributed by atoms with E-state index in [4.69, 9.17) is 18.0 Å². The van der Waals surface area contributed by atoms with Gasteiger partial charge in [0.15, 0.2) is 0 Å². The largest absolute Gasteiger partial charge is 0.379 e. The summed E-state index contributed by atoms with van der Waals surface area (Å²) in [7, 11) is 0. The molecule has 1 heterocycles. The lowest BCUT2D eigenvalue weighted by atomic mass is 9.87. The molecule has 5 heteroatoms. The predicted octanol–water partition coefficient (Wildman–Crippen LogP) is 3.55. The van der Waals surface area contributed by atoms with Gasteiger partial charge in [-0.3, -0.25) is 4.79 Å². The van der Waals surface area contributed by atoms with Crippen LogP contribution in [0.4, 0.5) is 5.69 Å². The molecule has 0 unspecified atom stereocenters. The molecule has 116 valence electrons. The third kappa shape index (κ3) is 5.43. The van der Waals surface area contributed by atoms with Crippen LogP contribution in [0.5, 0.6) is 0 Å². The number of halogens is 1. The lowest BCUT2D eigenvalue weighted by molar-refractivity contribution is 0.342. The molecule has 0 radical (unpaired) electrons. The second kappa shape index (κ2) is 8.09. The molecule has 1 rings (SSSR count). The van der Waals surface area contributed by atoms with E-state index in [9.17, 15) is 4.79 Å². The first-order chi connectivity index (χ1) is 9.91. The van der Waals surface area contributed by atoms with Gasteiger partial charge < -0.3 is 5.32 Å². The Balaban J connectivity index is 2.77. The van der Waals surface area contributed by atoms with E-state index in [1.165, 1.54) is 30.1 Å². The Morgan fingerprint density at radius 3 is 2.81 bits per heavy atom. The van der Waals surface area contributed by atoms with E-state index in [-0.39, 0.29) is 17.5 Å². The topological polar surface area (TPSA) is 46.9 Å². The van der Waals surface area contributed by atoms with Crippen LogP contribution in [0.2, 0.25) is 5.02 Å². The molecule has 0 amide bonds. The third-order valence-electron chi connectivity index (χ3n) is 3.44. The Bertz CT molecular complexity index is 558. The summed E-state index contributed by atoms with van der Waals surface area (Å²) in [5.41, 5.74) is 0.209. The van der Waals surface area contributed by atoms with E-state index in [1.54, 1.807) is 0 Å². The van der Waals surface area contributed by atoms with Crippen LogP contribution >= 0.6 is 11.6 Å². The van der Waals surface area contributed by atoms with Gasteiger partial charge in [0.1, 0.15) is 12.2 Å². The quantitative estimate of drug-likeness (QED) is 0.590. The van der Waals surface area contributed by atoms with Gasteiger partial charge in [-0.1, -0.05) is 57.6 Å². The molecular formula is C16H24ClN3O. The van der Waals surface area contributed by atoms with Crippen LogP contribution in [0.15, 0.2) is 11.0 Å². The first-order valence-corrected chi connectivity index (χ1v) is 7.72. The molecule has 0 aliphatic rings. The van der Waals surface area contributed by atoms with Crippen molar-refractivity contribution in [1.29, 1.82) is 0 Å². The molecule has 1 aromatic heterocycles. The Morgan fingerprint density at radius 1 is 1.48 bits per heavy atom. The zero-order valence-corrected chi connectivity index (χ0v) is 13.8. The third-order valence-corrected chi connectivity index (χ3v) is 3.73. The first kappa shape index (κ1) is 17.6. The van der Waals surface area contributed by atoms with Gasteiger partial charge >= 0.3 is 0 Å². The van der Waals surface area contributed by atoms with E-state index in [0.717, 1.165) is 6.42 Å².